The predicted molar refractivity (Wildman–Crippen MR) is 202 cm³/mol. The van der Waals surface area contributed by atoms with Gasteiger partial charge in [0.05, 0.1) is 24.8 Å². The van der Waals surface area contributed by atoms with E-state index >= 15 is 0 Å². The number of aryl methyl sites for hydroxylation is 2. The van der Waals surface area contributed by atoms with Crippen molar-refractivity contribution in [2.75, 3.05) is 31.6 Å². The van der Waals surface area contributed by atoms with Gasteiger partial charge >= 0.3 is 0 Å². The Bertz CT molecular complexity index is 2120. The third kappa shape index (κ3) is 7.42. The lowest BCUT2D eigenvalue weighted by Crippen LogP contribution is -2.52. The molecule has 4 amide bonds. The summed E-state index contributed by atoms with van der Waals surface area (Å²) in [6.45, 7) is 8.22. The van der Waals surface area contributed by atoms with Crippen LogP contribution in [0, 0.1) is 26.7 Å². The van der Waals surface area contributed by atoms with Gasteiger partial charge < -0.3 is 20.3 Å². The normalized spacial score (nSPS) is 18.7. The van der Waals surface area contributed by atoms with Gasteiger partial charge in [-0.05, 0) is 75.8 Å². The van der Waals surface area contributed by atoms with Gasteiger partial charge in [-0.2, -0.15) is 0 Å². The van der Waals surface area contributed by atoms with Crippen molar-refractivity contribution < 1.29 is 23.9 Å². The average molecular weight is 757 g/mol. The Hall–Kier alpha value is -5.08. The van der Waals surface area contributed by atoms with Crippen LogP contribution in [0.2, 0.25) is 5.02 Å². The molecular weight excluding hydrogens is 716 g/mol. The minimum atomic E-state index is -0.775. The number of piperidine rings is 2. The number of rotatable bonds is 9. The van der Waals surface area contributed by atoms with E-state index in [9.17, 15) is 19.2 Å². The third-order valence-corrected chi connectivity index (χ3v) is 11.7. The Labute approximate surface area is 316 Å². The largest absolute Gasteiger partial charge is 0.496 e. The minimum Gasteiger partial charge on any atom is -0.496 e. The van der Waals surface area contributed by atoms with Crippen LogP contribution >= 0.6 is 22.9 Å². The number of aliphatic imine (C=N–C) groups is 1. The van der Waals surface area contributed by atoms with E-state index in [1.165, 1.54) is 12.0 Å². The number of thiophene rings is 1. The van der Waals surface area contributed by atoms with Gasteiger partial charge in [0.2, 0.25) is 17.7 Å². The van der Waals surface area contributed by atoms with Crippen LogP contribution < -0.4 is 25.6 Å². The number of methoxy groups -OCH3 is 1. The average Bonchev–Trinajstić information content (AvgIpc) is 3.63. The summed E-state index contributed by atoms with van der Waals surface area (Å²) in [6.07, 6.45) is 2.30. The number of nitrogens with zero attached hydrogens (tertiary/aromatic N) is 5. The second kappa shape index (κ2) is 15.1. The molecule has 13 nitrogen and oxygen atoms in total. The SMILES string of the molecule is COc1cc(N2CCC(CNC(=O)C[C@@H]3N=C(c4ccc(Cl)cc4)c4c(sc(C)c4C)-n4c(C)nnc43)CC2)ccc1C(=O)NC1CCC(=O)NC1=O. The van der Waals surface area contributed by atoms with Crippen molar-refractivity contribution >= 4 is 58.0 Å². The van der Waals surface area contributed by atoms with Gasteiger partial charge in [-0.1, -0.05) is 23.7 Å². The van der Waals surface area contributed by atoms with E-state index in [-0.39, 0.29) is 31.1 Å². The molecular formula is C38H41ClN8O5S. The lowest BCUT2D eigenvalue weighted by molar-refractivity contribution is -0.134. The summed E-state index contributed by atoms with van der Waals surface area (Å²) in [4.78, 5) is 58.8. The first-order valence-corrected chi connectivity index (χ1v) is 18.9. The first-order chi connectivity index (χ1) is 25.5. The number of halogens is 1. The highest BCUT2D eigenvalue weighted by Gasteiger charge is 2.33. The molecule has 5 heterocycles. The molecule has 7 rings (SSSR count). The number of carbonyl (C=O) groups excluding carboxylic acids is 4. The lowest BCUT2D eigenvalue weighted by Gasteiger charge is -2.34. The number of hydrogen-bond donors (Lipinski definition) is 3. The van der Waals surface area contributed by atoms with E-state index in [0.717, 1.165) is 64.8 Å². The van der Waals surface area contributed by atoms with E-state index in [4.69, 9.17) is 21.3 Å². The van der Waals surface area contributed by atoms with Crippen LogP contribution in [-0.2, 0) is 14.4 Å². The Balaban J connectivity index is 0.987. The maximum atomic E-state index is 13.6. The van der Waals surface area contributed by atoms with Crippen LogP contribution in [0.3, 0.4) is 0 Å². The molecule has 276 valence electrons. The quantitative estimate of drug-likeness (QED) is 0.206. The fourth-order valence-electron chi connectivity index (χ4n) is 7.17. The highest BCUT2D eigenvalue weighted by atomic mass is 35.5. The Morgan fingerprint density at radius 1 is 1.04 bits per heavy atom. The number of fused-ring (bicyclic) bond motifs is 3. The monoisotopic (exact) mass is 756 g/mol. The fourth-order valence-corrected chi connectivity index (χ4v) is 8.51. The second-order valence-corrected chi connectivity index (χ2v) is 15.3. The van der Waals surface area contributed by atoms with Crippen LogP contribution in [0.25, 0.3) is 5.00 Å². The van der Waals surface area contributed by atoms with E-state index < -0.39 is 23.9 Å². The van der Waals surface area contributed by atoms with Gasteiger partial charge in [0, 0.05) is 58.8 Å². The molecule has 3 aliphatic heterocycles. The lowest BCUT2D eigenvalue weighted by atomic mass is 9.96. The highest BCUT2D eigenvalue weighted by molar-refractivity contribution is 7.15. The number of aromatic nitrogens is 3. The van der Waals surface area contributed by atoms with Gasteiger partial charge in [-0.3, -0.25) is 34.1 Å². The standard InChI is InChI=1S/C38H41ClN8O5S/c1-20-21(2)53-38-33(20)34(24-5-7-25(39)8-6-24)41-29(35-45-44-22(3)47(35)38)18-32(49)40-19-23-13-15-46(16-14-23)26-9-10-27(30(17-26)52-4)36(50)42-28-11-12-31(48)43-37(28)51/h5-10,17,23,28-29H,11-16,18-19H2,1-4H3,(H,40,49)(H,42,50)(H,43,48,51)/t28?,29-/m0/s1. The van der Waals surface area contributed by atoms with Crippen molar-refractivity contribution in [1.29, 1.82) is 0 Å². The predicted octanol–water partition coefficient (Wildman–Crippen LogP) is 4.77. The van der Waals surface area contributed by atoms with Crippen LogP contribution in [0.4, 0.5) is 5.69 Å². The second-order valence-electron chi connectivity index (χ2n) is 13.7. The zero-order valence-corrected chi connectivity index (χ0v) is 31.6. The summed E-state index contributed by atoms with van der Waals surface area (Å²) in [6, 6.07) is 11.7. The summed E-state index contributed by atoms with van der Waals surface area (Å²) in [5.74, 6) is 0.693. The molecule has 2 aromatic carbocycles. The third-order valence-electron chi connectivity index (χ3n) is 10.3. The zero-order chi connectivity index (χ0) is 37.4. The molecule has 2 fully saturated rings. The van der Waals surface area contributed by atoms with E-state index in [1.807, 2.05) is 47.9 Å². The van der Waals surface area contributed by atoms with Crippen molar-refractivity contribution in [2.45, 2.75) is 65.0 Å². The first-order valence-electron chi connectivity index (χ1n) is 17.7. The van der Waals surface area contributed by atoms with Crippen LogP contribution in [0.5, 0.6) is 5.75 Å². The van der Waals surface area contributed by atoms with Crippen LogP contribution in [-0.4, -0.2) is 76.9 Å². The molecule has 0 radical (unpaired) electrons. The molecule has 2 aromatic heterocycles. The van der Waals surface area contributed by atoms with Crippen molar-refractivity contribution in [3.8, 4) is 10.8 Å². The van der Waals surface area contributed by atoms with Crippen molar-refractivity contribution in [3.05, 3.63) is 86.3 Å². The molecule has 15 heteroatoms. The maximum absolute atomic E-state index is 13.6. The zero-order valence-electron chi connectivity index (χ0n) is 30.0. The van der Waals surface area contributed by atoms with Crippen LogP contribution in [0.15, 0.2) is 47.5 Å². The van der Waals surface area contributed by atoms with E-state index in [1.54, 1.807) is 17.4 Å². The molecule has 0 bridgehead atoms. The Morgan fingerprint density at radius 2 is 1.79 bits per heavy atom. The van der Waals surface area contributed by atoms with Crippen LogP contribution in [0.1, 0.15) is 81.7 Å². The Morgan fingerprint density at radius 3 is 2.51 bits per heavy atom. The van der Waals surface area contributed by atoms with Gasteiger partial charge in [0.25, 0.3) is 5.91 Å². The molecule has 3 aliphatic rings. The summed E-state index contributed by atoms with van der Waals surface area (Å²) < 4.78 is 7.61. The summed E-state index contributed by atoms with van der Waals surface area (Å²) in [5, 5.41) is 18.7. The van der Waals surface area contributed by atoms with Gasteiger partial charge in [0.15, 0.2) is 5.82 Å². The smallest absolute Gasteiger partial charge is 0.255 e. The molecule has 1 unspecified atom stereocenters. The van der Waals surface area contributed by atoms with Crippen molar-refractivity contribution in [1.82, 2.24) is 30.7 Å². The molecule has 0 spiro atoms. The molecule has 4 aromatic rings. The maximum Gasteiger partial charge on any atom is 0.255 e. The minimum absolute atomic E-state index is 0.0992. The number of carbonyl (C=O) groups is 4. The van der Waals surface area contributed by atoms with Crippen molar-refractivity contribution in [3.63, 3.8) is 0 Å². The summed E-state index contributed by atoms with van der Waals surface area (Å²) in [7, 11) is 1.50. The number of hydrogen-bond acceptors (Lipinski definition) is 10. The number of amides is 4. The molecule has 2 atom stereocenters. The number of benzene rings is 2. The molecule has 2 saturated heterocycles. The highest BCUT2D eigenvalue weighted by Crippen LogP contribution is 2.39. The number of anilines is 1. The Kier molecular flexibility index (Phi) is 10.3. The van der Waals surface area contributed by atoms with Gasteiger partial charge in [-0.25, -0.2) is 0 Å². The van der Waals surface area contributed by atoms with E-state index in [2.05, 4.69) is 44.9 Å². The van der Waals surface area contributed by atoms with E-state index in [0.29, 0.717) is 34.6 Å². The molecule has 53 heavy (non-hydrogen) atoms. The molecule has 0 saturated carbocycles. The molecule has 3 N–H and O–H groups in total. The number of imide groups is 1. The van der Waals surface area contributed by atoms with Crippen molar-refractivity contribution in [2.24, 2.45) is 10.9 Å². The summed E-state index contributed by atoms with van der Waals surface area (Å²) >= 11 is 7.92. The fraction of sp³-hybridized carbons (Fsp3) is 0.395. The number of ether oxygens (including phenoxy) is 1. The van der Waals surface area contributed by atoms with Gasteiger partial charge in [-0.15, -0.1) is 21.5 Å². The topological polar surface area (TPSA) is 160 Å². The van der Waals surface area contributed by atoms with Gasteiger partial charge in [0.1, 0.15) is 28.7 Å². The molecule has 0 aliphatic carbocycles. The first kappa shape index (κ1) is 36.3. The summed E-state index contributed by atoms with van der Waals surface area (Å²) in [5.41, 5.74) is 5.13. The number of nitrogens with one attached hydrogen (secondary N) is 3.